The molecule has 0 spiro atoms. The largest absolute Gasteiger partial charge is 0.380 e. The molecule has 120 valence electrons. The molecule has 1 aromatic carbocycles. The quantitative estimate of drug-likeness (QED) is 0.544. The van der Waals surface area contributed by atoms with E-state index in [0.717, 1.165) is 28.8 Å². The SMILES string of the molecule is CCOCCN(C)S(=O)(=O)c1cc(S(C)(=O)=O)ccc1F. The monoisotopic (exact) mass is 339 g/mol. The Morgan fingerprint density at radius 2 is 1.86 bits per heavy atom. The molecule has 9 heteroatoms. The number of benzene rings is 1. The summed E-state index contributed by atoms with van der Waals surface area (Å²) in [5.74, 6) is -0.995. The first-order chi connectivity index (χ1) is 9.60. The van der Waals surface area contributed by atoms with Crippen molar-refractivity contribution < 1.29 is 26.0 Å². The summed E-state index contributed by atoms with van der Waals surface area (Å²) in [6.45, 7) is 2.41. The van der Waals surface area contributed by atoms with Crippen molar-refractivity contribution >= 4 is 19.9 Å². The van der Waals surface area contributed by atoms with Gasteiger partial charge in [-0.15, -0.1) is 0 Å². The topological polar surface area (TPSA) is 80.8 Å². The van der Waals surface area contributed by atoms with Crippen LogP contribution in [0.2, 0.25) is 0 Å². The summed E-state index contributed by atoms with van der Waals surface area (Å²) in [6, 6.07) is 2.70. The van der Waals surface area contributed by atoms with Crippen LogP contribution in [0, 0.1) is 5.82 Å². The second-order valence-corrected chi connectivity index (χ2v) is 8.42. The number of hydrogen-bond acceptors (Lipinski definition) is 5. The molecule has 0 aliphatic carbocycles. The number of likely N-dealkylation sites (N-methyl/N-ethyl adjacent to an activating group) is 1. The van der Waals surface area contributed by atoms with Crippen LogP contribution in [0.3, 0.4) is 0 Å². The van der Waals surface area contributed by atoms with Crippen LogP contribution in [-0.2, 0) is 24.6 Å². The van der Waals surface area contributed by atoms with Gasteiger partial charge in [-0.2, -0.15) is 4.31 Å². The van der Waals surface area contributed by atoms with Gasteiger partial charge in [0, 0.05) is 26.5 Å². The van der Waals surface area contributed by atoms with Crippen LogP contribution in [0.4, 0.5) is 4.39 Å². The third kappa shape index (κ3) is 4.47. The predicted molar refractivity (Wildman–Crippen MR) is 75.8 cm³/mol. The van der Waals surface area contributed by atoms with Crippen molar-refractivity contribution in [3.8, 4) is 0 Å². The summed E-state index contributed by atoms with van der Waals surface area (Å²) in [4.78, 5) is -0.912. The molecule has 0 amide bonds. The second-order valence-electron chi connectivity index (χ2n) is 4.39. The summed E-state index contributed by atoms with van der Waals surface area (Å²) in [5.41, 5.74) is 0. The third-order valence-corrected chi connectivity index (χ3v) is 5.76. The Kier molecular flexibility index (Phi) is 5.85. The molecule has 0 aromatic heterocycles. The number of ether oxygens (including phenoxy) is 1. The van der Waals surface area contributed by atoms with E-state index in [1.807, 2.05) is 0 Å². The molecule has 0 heterocycles. The maximum absolute atomic E-state index is 13.8. The number of hydrogen-bond donors (Lipinski definition) is 0. The van der Waals surface area contributed by atoms with Crippen LogP contribution in [0.25, 0.3) is 0 Å². The van der Waals surface area contributed by atoms with Crippen LogP contribution < -0.4 is 0 Å². The zero-order valence-corrected chi connectivity index (χ0v) is 13.7. The molecular formula is C12H18FNO5S2. The van der Waals surface area contributed by atoms with Gasteiger partial charge in [0.1, 0.15) is 10.7 Å². The lowest BCUT2D eigenvalue weighted by Gasteiger charge is -2.17. The average Bonchev–Trinajstić information content (AvgIpc) is 2.37. The van der Waals surface area contributed by atoms with Crippen LogP contribution in [0.1, 0.15) is 6.92 Å². The van der Waals surface area contributed by atoms with Crippen molar-refractivity contribution in [1.29, 1.82) is 0 Å². The van der Waals surface area contributed by atoms with E-state index < -0.39 is 30.6 Å². The van der Waals surface area contributed by atoms with Crippen molar-refractivity contribution in [2.45, 2.75) is 16.7 Å². The fourth-order valence-corrected chi connectivity index (χ4v) is 3.50. The predicted octanol–water partition coefficient (Wildman–Crippen LogP) is 0.886. The minimum absolute atomic E-state index is 0.0404. The number of nitrogens with zero attached hydrogens (tertiary/aromatic N) is 1. The van der Waals surface area contributed by atoms with Gasteiger partial charge in [-0.25, -0.2) is 21.2 Å². The molecule has 0 bridgehead atoms. The molecule has 0 N–H and O–H groups in total. The van der Waals surface area contributed by atoms with Crippen LogP contribution in [0.5, 0.6) is 0 Å². The summed E-state index contributed by atoms with van der Waals surface area (Å²) in [6.07, 6.45) is 0.926. The molecule has 0 fully saturated rings. The zero-order valence-electron chi connectivity index (χ0n) is 12.0. The van der Waals surface area contributed by atoms with Crippen molar-refractivity contribution in [2.75, 3.05) is 33.1 Å². The van der Waals surface area contributed by atoms with E-state index in [1.165, 1.54) is 7.05 Å². The molecule has 0 saturated carbocycles. The first-order valence-corrected chi connectivity index (χ1v) is 9.47. The van der Waals surface area contributed by atoms with Gasteiger partial charge in [-0.1, -0.05) is 0 Å². The summed E-state index contributed by atoms with van der Waals surface area (Å²) >= 11 is 0. The molecule has 0 aliphatic rings. The average molecular weight is 339 g/mol. The molecule has 6 nitrogen and oxygen atoms in total. The van der Waals surface area contributed by atoms with E-state index in [0.29, 0.717) is 6.61 Å². The molecule has 0 aliphatic heterocycles. The fraction of sp³-hybridized carbons (Fsp3) is 0.500. The lowest BCUT2D eigenvalue weighted by molar-refractivity contribution is 0.138. The van der Waals surface area contributed by atoms with Crippen LogP contribution >= 0.6 is 0 Å². The molecule has 1 aromatic rings. The zero-order chi connectivity index (χ0) is 16.3. The van der Waals surface area contributed by atoms with Crippen molar-refractivity contribution in [3.63, 3.8) is 0 Å². The van der Waals surface area contributed by atoms with Crippen molar-refractivity contribution in [1.82, 2.24) is 4.31 Å². The Morgan fingerprint density at radius 1 is 1.24 bits per heavy atom. The van der Waals surface area contributed by atoms with Crippen molar-refractivity contribution in [2.24, 2.45) is 0 Å². The molecule has 0 unspecified atom stereocenters. The van der Waals surface area contributed by atoms with E-state index >= 15 is 0 Å². The number of sulfonamides is 1. The Labute approximate surface area is 124 Å². The number of halogens is 1. The second kappa shape index (κ2) is 6.82. The minimum atomic E-state index is -4.12. The number of rotatable bonds is 7. The van der Waals surface area contributed by atoms with Crippen LogP contribution in [-0.4, -0.2) is 54.2 Å². The van der Waals surface area contributed by atoms with Gasteiger partial charge < -0.3 is 4.74 Å². The number of sulfone groups is 1. The van der Waals surface area contributed by atoms with Gasteiger partial charge in [-0.3, -0.25) is 0 Å². The van der Waals surface area contributed by atoms with E-state index in [-0.39, 0.29) is 18.0 Å². The van der Waals surface area contributed by atoms with Gasteiger partial charge >= 0.3 is 0 Å². The lowest BCUT2D eigenvalue weighted by Crippen LogP contribution is -2.31. The van der Waals surface area contributed by atoms with Crippen molar-refractivity contribution in [3.05, 3.63) is 24.0 Å². The Bertz CT molecular complexity index is 700. The highest BCUT2D eigenvalue weighted by atomic mass is 32.2. The first kappa shape index (κ1) is 18.0. The molecule has 1 rings (SSSR count). The van der Waals surface area contributed by atoms with E-state index in [4.69, 9.17) is 4.74 Å². The smallest absolute Gasteiger partial charge is 0.245 e. The summed E-state index contributed by atoms with van der Waals surface area (Å²) in [7, 11) is -6.46. The third-order valence-electron chi connectivity index (χ3n) is 2.77. The van der Waals surface area contributed by atoms with Gasteiger partial charge in [0.25, 0.3) is 0 Å². The first-order valence-electron chi connectivity index (χ1n) is 6.14. The van der Waals surface area contributed by atoms with E-state index in [2.05, 4.69) is 0 Å². The van der Waals surface area contributed by atoms with Gasteiger partial charge in [0.05, 0.1) is 11.5 Å². The molecule has 0 atom stereocenters. The van der Waals surface area contributed by atoms with Gasteiger partial charge in [0.15, 0.2) is 9.84 Å². The van der Waals surface area contributed by atoms with E-state index in [9.17, 15) is 21.2 Å². The van der Waals surface area contributed by atoms with Gasteiger partial charge in [0.2, 0.25) is 10.0 Å². The summed E-state index contributed by atoms with van der Waals surface area (Å²) < 4.78 is 67.2. The highest BCUT2D eigenvalue weighted by Crippen LogP contribution is 2.22. The molecule has 0 saturated heterocycles. The Morgan fingerprint density at radius 3 is 2.38 bits per heavy atom. The Hall–Kier alpha value is -1.03. The highest BCUT2D eigenvalue weighted by Gasteiger charge is 2.26. The standard InChI is InChI=1S/C12H18FNO5S2/c1-4-19-8-7-14(2)21(17,18)12-9-10(20(3,15)16)5-6-11(12)13/h5-6,9H,4,7-8H2,1-3H3. The molecule has 21 heavy (non-hydrogen) atoms. The maximum atomic E-state index is 13.8. The normalized spacial score (nSPS) is 12.8. The summed E-state index contributed by atoms with van der Waals surface area (Å²) in [5, 5.41) is 0. The van der Waals surface area contributed by atoms with Crippen LogP contribution in [0.15, 0.2) is 28.0 Å². The lowest BCUT2D eigenvalue weighted by atomic mass is 10.3. The van der Waals surface area contributed by atoms with Gasteiger partial charge in [-0.05, 0) is 25.1 Å². The molecular weight excluding hydrogens is 321 g/mol. The highest BCUT2D eigenvalue weighted by molar-refractivity contribution is 7.91. The molecule has 0 radical (unpaired) electrons. The Balaban J connectivity index is 3.19. The maximum Gasteiger partial charge on any atom is 0.245 e. The minimum Gasteiger partial charge on any atom is -0.380 e. The van der Waals surface area contributed by atoms with E-state index in [1.54, 1.807) is 6.92 Å². The fourth-order valence-electron chi connectivity index (χ4n) is 1.54.